The minimum absolute atomic E-state index is 0.0216. The highest BCUT2D eigenvalue weighted by Gasteiger charge is 2.41. The van der Waals surface area contributed by atoms with E-state index in [0.717, 1.165) is 22.4 Å². The summed E-state index contributed by atoms with van der Waals surface area (Å²) < 4.78 is 7.34. The summed E-state index contributed by atoms with van der Waals surface area (Å²) in [6.07, 6.45) is 0.894. The fraction of sp³-hybridized carbons (Fsp3) is 0.350. The quantitative estimate of drug-likeness (QED) is 0.702. The number of rotatable bonds is 2. The normalized spacial score (nSPS) is 22.0. The number of aryl methyl sites for hydroxylation is 1. The van der Waals surface area contributed by atoms with Crippen molar-refractivity contribution in [2.24, 2.45) is 11.0 Å². The van der Waals surface area contributed by atoms with Gasteiger partial charge >= 0.3 is 0 Å². The molecule has 4 rings (SSSR count). The van der Waals surface area contributed by atoms with E-state index in [1.165, 1.54) is 16.7 Å². The third kappa shape index (κ3) is 2.63. The zero-order valence-electron chi connectivity index (χ0n) is 14.2. The van der Waals surface area contributed by atoms with Gasteiger partial charge in [-0.05, 0) is 30.7 Å². The molecule has 3 nitrogen and oxygen atoms in total. The summed E-state index contributed by atoms with van der Waals surface area (Å²) >= 11 is 3.59. The van der Waals surface area contributed by atoms with E-state index >= 15 is 0 Å². The van der Waals surface area contributed by atoms with E-state index in [-0.39, 0.29) is 12.3 Å². The van der Waals surface area contributed by atoms with Crippen LogP contribution in [0.4, 0.5) is 0 Å². The number of hydrogen-bond acceptors (Lipinski definition) is 3. The molecule has 2 heterocycles. The molecule has 2 atom stereocenters. The molecule has 0 saturated carbocycles. The molecule has 0 N–H and O–H groups in total. The van der Waals surface area contributed by atoms with Crippen LogP contribution < -0.4 is 4.74 Å². The van der Waals surface area contributed by atoms with Crippen molar-refractivity contribution in [3.05, 3.63) is 63.6 Å². The second-order valence-corrected chi connectivity index (χ2v) is 7.86. The highest BCUT2D eigenvalue weighted by Crippen LogP contribution is 2.45. The van der Waals surface area contributed by atoms with Crippen molar-refractivity contribution in [1.82, 2.24) is 5.01 Å². The molecule has 0 aromatic heterocycles. The third-order valence-corrected chi connectivity index (χ3v) is 5.23. The largest absolute Gasteiger partial charge is 0.468 e. The lowest BCUT2D eigenvalue weighted by atomic mass is 9.95. The number of benzene rings is 2. The molecule has 2 aliphatic heterocycles. The number of halogens is 1. The molecule has 0 radical (unpaired) electrons. The van der Waals surface area contributed by atoms with Crippen LogP contribution >= 0.6 is 15.9 Å². The van der Waals surface area contributed by atoms with Crippen LogP contribution in [-0.2, 0) is 0 Å². The summed E-state index contributed by atoms with van der Waals surface area (Å²) in [5.74, 6) is 1.35. The lowest BCUT2D eigenvalue weighted by Gasteiger charge is -2.40. The first-order chi connectivity index (χ1) is 11.5. The number of ether oxygens (including phenoxy) is 1. The van der Waals surface area contributed by atoms with Gasteiger partial charge in [0.15, 0.2) is 6.23 Å². The van der Waals surface area contributed by atoms with E-state index < -0.39 is 0 Å². The highest BCUT2D eigenvalue weighted by molar-refractivity contribution is 9.10. The van der Waals surface area contributed by atoms with Gasteiger partial charge in [-0.15, -0.1) is 0 Å². The van der Waals surface area contributed by atoms with Crippen LogP contribution in [0.25, 0.3) is 0 Å². The first kappa shape index (κ1) is 15.7. The van der Waals surface area contributed by atoms with Crippen LogP contribution in [0, 0.1) is 12.8 Å². The predicted octanol–water partition coefficient (Wildman–Crippen LogP) is 5.28. The average molecular weight is 385 g/mol. The molecule has 0 saturated heterocycles. The Morgan fingerprint density at radius 1 is 1.17 bits per heavy atom. The van der Waals surface area contributed by atoms with Crippen molar-refractivity contribution >= 4 is 21.6 Å². The number of hydrazone groups is 1. The molecule has 2 aromatic rings. The molecule has 124 valence electrons. The Morgan fingerprint density at radius 3 is 2.62 bits per heavy atom. The molecule has 24 heavy (non-hydrogen) atoms. The summed E-state index contributed by atoms with van der Waals surface area (Å²) in [4.78, 5) is 0. The van der Waals surface area contributed by atoms with Crippen molar-refractivity contribution in [3.8, 4) is 5.75 Å². The van der Waals surface area contributed by atoms with E-state index in [2.05, 4.69) is 78.1 Å². The van der Waals surface area contributed by atoms with Crippen LogP contribution in [0.5, 0.6) is 5.75 Å². The van der Waals surface area contributed by atoms with Crippen molar-refractivity contribution in [2.75, 3.05) is 0 Å². The number of nitrogens with zero attached hydrogens (tertiary/aromatic N) is 2. The van der Waals surface area contributed by atoms with Gasteiger partial charge in [0.05, 0.1) is 11.8 Å². The minimum atomic E-state index is -0.0216. The van der Waals surface area contributed by atoms with Crippen molar-refractivity contribution in [2.45, 2.75) is 39.5 Å². The summed E-state index contributed by atoms with van der Waals surface area (Å²) in [6, 6.07) is 15.1. The summed E-state index contributed by atoms with van der Waals surface area (Å²) in [5.41, 5.74) is 4.83. The van der Waals surface area contributed by atoms with Gasteiger partial charge in [0.2, 0.25) is 0 Å². The van der Waals surface area contributed by atoms with Gasteiger partial charge in [-0.1, -0.05) is 59.6 Å². The smallest absolute Gasteiger partial charge is 0.190 e. The number of fused-ring (bicyclic) bond motifs is 3. The first-order valence-corrected chi connectivity index (χ1v) is 9.21. The van der Waals surface area contributed by atoms with Gasteiger partial charge in [-0.3, -0.25) is 0 Å². The standard InChI is InChI=1S/C20H21BrN2O/c1-12(2)20-23-18(16-10-15(21)8-9-19(16)24-20)11-17(22-23)14-6-4-13(3)5-7-14/h4-10,12,18,20H,11H2,1-3H3/t18-,20-/m0/s1. The number of hydrogen-bond donors (Lipinski definition) is 0. The molecule has 0 spiro atoms. The first-order valence-electron chi connectivity index (χ1n) is 8.42. The van der Waals surface area contributed by atoms with Gasteiger partial charge in [0.1, 0.15) is 5.75 Å². The van der Waals surface area contributed by atoms with Crippen LogP contribution in [0.15, 0.2) is 52.0 Å². The molecular weight excluding hydrogens is 364 g/mol. The third-order valence-electron chi connectivity index (χ3n) is 4.74. The van der Waals surface area contributed by atoms with E-state index in [1.54, 1.807) is 0 Å². The highest BCUT2D eigenvalue weighted by atomic mass is 79.9. The van der Waals surface area contributed by atoms with Gasteiger partial charge in [0.25, 0.3) is 0 Å². The maximum Gasteiger partial charge on any atom is 0.190 e. The molecule has 0 unspecified atom stereocenters. The SMILES string of the molecule is Cc1ccc(C2=NN3[C@@H](C2)c2cc(Br)ccc2O[C@H]3C(C)C)cc1. The lowest BCUT2D eigenvalue weighted by Crippen LogP contribution is -2.43. The van der Waals surface area contributed by atoms with Crippen molar-refractivity contribution in [3.63, 3.8) is 0 Å². The summed E-state index contributed by atoms with van der Waals surface area (Å²) in [7, 11) is 0. The zero-order valence-corrected chi connectivity index (χ0v) is 15.7. The zero-order chi connectivity index (χ0) is 16.8. The Bertz CT molecular complexity index is 798. The second kappa shape index (κ2) is 5.92. The molecule has 0 amide bonds. The van der Waals surface area contributed by atoms with Crippen LogP contribution in [-0.4, -0.2) is 16.9 Å². The molecule has 0 fully saturated rings. The maximum atomic E-state index is 6.26. The topological polar surface area (TPSA) is 24.8 Å². The van der Waals surface area contributed by atoms with Gasteiger partial charge in [-0.25, -0.2) is 5.01 Å². The van der Waals surface area contributed by atoms with Gasteiger partial charge in [0, 0.05) is 22.4 Å². The Hall–Kier alpha value is -1.81. The lowest BCUT2D eigenvalue weighted by molar-refractivity contribution is -0.0461. The molecular formula is C20H21BrN2O. The fourth-order valence-electron chi connectivity index (χ4n) is 3.45. The average Bonchev–Trinajstić information content (AvgIpc) is 3.00. The molecule has 0 bridgehead atoms. The summed E-state index contributed by atoms with van der Waals surface area (Å²) in [5, 5.41) is 7.11. The monoisotopic (exact) mass is 384 g/mol. The molecule has 2 aromatic carbocycles. The van der Waals surface area contributed by atoms with Gasteiger partial charge < -0.3 is 4.74 Å². The van der Waals surface area contributed by atoms with E-state index in [9.17, 15) is 0 Å². The maximum absolute atomic E-state index is 6.26. The van der Waals surface area contributed by atoms with Crippen LogP contribution in [0.2, 0.25) is 0 Å². The van der Waals surface area contributed by atoms with E-state index in [4.69, 9.17) is 9.84 Å². The van der Waals surface area contributed by atoms with Gasteiger partial charge in [-0.2, -0.15) is 5.10 Å². The van der Waals surface area contributed by atoms with Crippen molar-refractivity contribution < 1.29 is 4.74 Å². The minimum Gasteiger partial charge on any atom is -0.468 e. The Morgan fingerprint density at radius 2 is 1.92 bits per heavy atom. The second-order valence-electron chi connectivity index (χ2n) is 6.95. The molecule has 2 aliphatic rings. The van der Waals surface area contributed by atoms with E-state index in [0.29, 0.717) is 5.92 Å². The van der Waals surface area contributed by atoms with Crippen LogP contribution in [0.3, 0.4) is 0 Å². The Labute approximate surface area is 151 Å². The summed E-state index contributed by atoms with van der Waals surface area (Å²) in [6.45, 7) is 6.48. The van der Waals surface area contributed by atoms with Crippen LogP contribution in [0.1, 0.15) is 43.0 Å². The Kier molecular flexibility index (Phi) is 3.87. The molecule has 0 aliphatic carbocycles. The van der Waals surface area contributed by atoms with Crippen molar-refractivity contribution in [1.29, 1.82) is 0 Å². The predicted molar refractivity (Wildman–Crippen MR) is 100 cm³/mol. The Balaban J connectivity index is 1.75. The molecule has 4 heteroatoms. The fourth-order valence-corrected chi connectivity index (χ4v) is 3.83. The van der Waals surface area contributed by atoms with E-state index in [1.807, 2.05) is 6.07 Å².